The molecule has 0 fully saturated rings. The molecule has 1 aromatic carbocycles. The van der Waals surface area contributed by atoms with E-state index in [2.05, 4.69) is 4.72 Å². The average Bonchev–Trinajstić information content (AvgIpc) is 2.30. The predicted molar refractivity (Wildman–Crippen MR) is 69.6 cm³/mol. The summed E-state index contributed by atoms with van der Waals surface area (Å²) in [5, 5.41) is 8.66. The maximum absolute atomic E-state index is 13.1. The van der Waals surface area contributed by atoms with Gasteiger partial charge in [-0.25, -0.2) is 12.8 Å². The maximum atomic E-state index is 13.1. The van der Waals surface area contributed by atoms with Gasteiger partial charge >= 0.3 is 0 Å². The van der Waals surface area contributed by atoms with Gasteiger partial charge < -0.3 is 4.74 Å². The van der Waals surface area contributed by atoms with Gasteiger partial charge in [0.05, 0.1) is 24.0 Å². The van der Waals surface area contributed by atoms with E-state index in [4.69, 9.17) is 10.00 Å². The monoisotopic (exact) mass is 286 g/mol. The lowest BCUT2D eigenvalue weighted by Crippen LogP contribution is -2.21. The van der Waals surface area contributed by atoms with Crippen LogP contribution in [-0.4, -0.2) is 26.9 Å². The molecule has 0 aliphatic carbocycles. The number of halogens is 1. The van der Waals surface area contributed by atoms with Crippen molar-refractivity contribution in [2.45, 2.75) is 20.0 Å². The summed E-state index contributed by atoms with van der Waals surface area (Å²) in [6, 6.07) is 5.10. The number of sulfonamides is 1. The largest absolute Gasteiger partial charge is 0.378 e. The molecule has 0 amide bonds. The summed E-state index contributed by atoms with van der Waals surface area (Å²) in [6.45, 7) is 3.68. The van der Waals surface area contributed by atoms with Gasteiger partial charge in [-0.05, 0) is 32.0 Å². The number of ether oxygens (including phenoxy) is 1. The molecule has 104 valence electrons. The Labute approximate surface area is 112 Å². The zero-order chi connectivity index (χ0) is 14.5. The zero-order valence-corrected chi connectivity index (χ0v) is 11.5. The lowest BCUT2D eigenvalue weighted by Gasteiger charge is -2.10. The molecule has 0 aromatic heterocycles. The third kappa shape index (κ3) is 5.24. The minimum absolute atomic E-state index is 0.0498. The van der Waals surface area contributed by atoms with Crippen molar-refractivity contribution in [2.24, 2.45) is 0 Å². The molecule has 0 atom stereocenters. The normalized spacial score (nSPS) is 11.3. The van der Waals surface area contributed by atoms with Crippen molar-refractivity contribution in [2.75, 3.05) is 17.1 Å². The van der Waals surface area contributed by atoms with Crippen molar-refractivity contribution in [3.8, 4) is 6.07 Å². The third-order valence-electron chi connectivity index (χ3n) is 2.16. The van der Waals surface area contributed by atoms with Crippen LogP contribution >= 0.6 is 0 Å². The number of rotatable bonds is 6. The molecule has 0 bridgehead atoms. The Morgan fingerprint density at radius 1 is 1.47 bits per heavy atom. The molecule has 1 aromatic rings. The second-order valence-corrected chi connectivity index (χ2v) is 5.99. The minimum atomic E-state index is -3.57. The molecule has 0 saturated heterocycles. The molecule has 1 N–H and O–H groups in total. The fourth-order valence-corrected chi connectivity index (χ4v) is 2.20. The van der Waals surface area contributed by atoms with Crippen LogP contribution in [0.2, 0.25) is 0 Å². The standard InChI is InChI=1S/C12H15FN2O3S/c1-9(2)18-5-6-19(16,17)15-11-3-4-12(13)10(7-11)8-14/h3-4,7,9,15H,5-6H2,1-2H3. The summed E-state index contributed by atoms with van der Waals surface area (Å²) in [6.07, 6.45) is -0.0498. The second kappa shape index (κ2) is 6.50. The molecule has 5 nitrogen and oxygen atoms in total. The van der Waals surface area contributed by atoms with Crippen molar-refractivity contribution in [1.82, 2.24) is 0 Å². The van der Waals surface area contributed by atoms with E-state index in [0.29, 0.717) is 0 Å². The number of hydrogen-bond acceptors (Lipinski definition) is 4. The van der Waals surface area contributed by atoms with Gasteiger partial charge in [-0.15, -0.1) is 0 Å². The van der Waals surface area contributed by atoms with E-state index >= 15 is 0 Å². The first-order valence-electron chi connectivity index (χ1n) is 5.66. The maximum Gasteiger partial charge on any atom is 0.235 e. The molecule has 0 spiro atoms. The van der Waals surface area contributed by atoms with Gasteiger partial charge in [0.2, 0.25) is 10.0 Å². The molecule has 0 aliphatic rings. The molecule has 0 saturated carbocycles. The Hall–Kier alpha value is -1.65. The zero-order valence-electron chi connectivity index (χ0n) is 10.7. The van der Waals surface area contributed by atoms with Crippen LogP contribution in [0.15, 0.2) is 18.2 Å². The number of anilines is 1. The van der Waals surface area contributed by atoms with Crippen molar-refractivity contribution in [3.05, 3.63) is 29.6 Å². The van der Waals surface area contributed by atoms with Crippen LogP contribution in [0.25, 0.3) is 0 Å². The summed E-state index contributed by atoms with van der Waals surface area (Å²) in [5.74, 6) is -0.890. The van der Waals surface area contributed by atoms with E-state index in [1.165, 1.54) is 6.07 Å². The number of nitrogens with one attached hydrogen (secondary N) is 1. The molecule has 19 heavy (non-hydrogen) atoms. The smallest absolute Gasteiger partial charge is 0.235 e. The van der Waals surface area contributed by atoms with E-state index in [-0.39, 0.29) is 29.7 Å². The van der Waals surface area contributed by atoms with Gasteiger partial charge in [0, 0.05) is 5.69 Å². The van der Waals surface area contributed by atoms with Gasteiger partial charge in [-0.1, -0.05) is 0 Å². The van der Waals surface area contributed by atoms with E-state index in [9.17, 15) is 12.8 Å². The number of nitrogens with zero attached hydrogens (tertiary/aromatic N) is 1. The van der Waals surface area contributed by atoms with Crippen LogP contribution in [0.1, 0.15) is 19.4 Å². The third-order valence-corrected chi connectivity index (χ3v) is 3.41. The van der Waals surface area contributed by atoms with Crippen LogP contribution in [0.4, 0.5) is 10.1 Å². The Morgan fingerprint density at radius 2 is 2.16 bits per heavy atom. The number of benzene rings is 1. The number of hydrogen-bond donors (Lipinski definition) is 1. The quantitative estimate of drug-likeness (QED) is 0.865. The Morgan fingerprint density at radius 3 is 2.74 bits per heavy atom. The fourth-order valence-electron chi connectivity index (χ4n) is 1.30. The molecule has 0 radical (unpaired) electrons. The Kier molecular flexibility index (Phi) is 5.27. The van der Waals surface area contributed by atoms with E-state index in [1.807, 2.05) is 0 Å². The topological polar surface area (TPSA) is 79.2 Å². The lowest BCUT2D eigenvalue weighted by atomic mass is 10.2. The van der Waals surface area contributed by atoms with Crippen molar-refractivity contribution in [3.63, 3.8) is 0 Å². The first kappa shape index (κ1) is 15.4. The van der Waals surface area contributed by atoms with Crippen molar-refractivity contribution < 1.29 is 17.5 Å². The van der Waals surface area contributed by atoms with Crippen molar-refractivity contribution in [1.29, 1.82) is 5.26 Å². The van der Waals surface area contributed by atoms with E-state index in [1.54, 1.807) is 19.9 Å². The summed E-state index contributed by atoms with van der Waals surface area (Å²) in [5.41, 5.74) is -0.0545. The Bertz CT molecular complexity index is 579. The van der Waals surface area contributed by atoms with Crippen LogP contribution in [0.3, 0.4) is 0 Å². The van der Waals surface area contributed by atoms with Crippen LogP contribution < -0.4 is 4.72 Å². The van der Waals surface area contributed by atoms with Gasteiger partial charge in [0.15, 0.2) is 0 Å². The van der Waals surface area contributed by atoms with Gasteiger partial charge in [0.1, 0.15) is 11.9 Å². The van der Waals surface area contributed by atoms with E-state index in [0.717, 1.165) is 12.1 Å². The molecule has 1 rings (SSSR count). The van der Waals surface area contributed by atoms with Crippen LogP contribution in [0, 0.1) is 17.1 Å². The number of nitriles is 1. The molecule has 0 heterocycles. The van der Waals surface area contributed by atoms with Crippen LogP contribution in [-0.2, 0) is 14.8 Å². The first-order valence-corrected chi connectivity index (χ1v) is 7.31. The molecule has 0 aliphatic heterocycles. The lowest BCUT2D eigenvalue weighted by molar-refractivity contribution is 0.0913. The molecule has 7 heteroatoms. The van der Waals surface area contributed by atoms with Crippen molar-refractivity contribution >= 4 is 15.7 Å². The average molecular weight is 286 g/mol. The SMILES string of the molecule is CC(C)OCCS(=O)(=O)Nc1ccc(F)c(C#N)c1. The van der Waals surface area contributed by atoms with E-state index < -0.39 is 15.8 Å². The summed E-state index contributed by atoms with van der Waals surface area (Å²) < 4.78 is 43.9. The van der Waals surface area contributed by atoms with Gasteiger partial charge in [-0.3, -0.25) is 4.72 Å². The minimum Gasteiger partial charge on any atom is -0.378 e. The van der Waals surface area contributed by atoms with Gasteiger partial charge in [0.25, 0.3) is 0 Å². The molecular formula is C12H15FN2O3S. The highest BCUT2D eigenvalue weighted by atomic mass is 32.2. The fraction of sp³-hybridized carbons (Fsp3) is 0.417. The summed E-state index contributed by atoms with van der Waals surface area (Å²) in [4.78, 5) is 0. The summed E-state index contributed by atoms with van der Waals surface area (Å²) in [7, 11) is -3.57. The highest BCUT2D eigenvalue weighted by Gasteiger charge is 2.12. The molecule has 0 unspecified atom stereocenters. The Balaban J connectivity index is 2.71. The molecular weight excluding hydrogens is 271 g/mol. The summed E-state index contributed by atoms with van der Waals surface area (Å²) >= 11 is 0. The predicted octanol–water partition coefficient (Wildman–Crippen LogP) is 1.86. The van der Waals surface area contributed by atoms with Crippen LogP contribution in [0.5, 0.6) is 0 Å². The van der Waals surface area contributed by atoms with Gasteiger partial charge in [-0.2, -0.15) is 5.26 Å². The second-order valence-electron chi connectivity index (χ2n) is 4.15. The highest BCUT2D eigenvalue weighted by molar-refractivity contribution is 7.92. The first-order chi connectivity index (χ1) is 8.84. The highest BCUT2D eigenvalue weighted by Crippen LogP contribution is 2.15.